The number of aromatic nitrogens is 6. The Labute approximate surface area is 172 Å². The van der Waals surface area contributed by atoms with Gasteiger partial charge in [-0.2, -0.15) is 5.10 Å². The fraction of sp³-hybridized carbons (Fsp3) is 0.182. The van der Waals surface area contributed by atoms with Crippen molar-refractivity contribution in [3.8, 4) is 22.6 Å². The van der Waals surface area contributed by atoms with Crippen LogP contribution < -0.4 is 10.6 Å². The molecule has 148 valence electrons. The molecule has 0 saturated carbocycles. The molecule has 0 radical (unpaired) electrons. The molecular weight excluding hydrogens is 376 g/mol. The summed E-state index contributed by atoms with van der Waals surface area (Å²) in [5, 5.41) is 11.3. The van der Waals surface area contributed by atoms with Gasteiger partial charge in [0.15, 0.2) is 5.65 Å². The van der Waals surface area contributed by atoms with Crippen LogP contribution in [0, 0.1) is 0 Å². The van der Waals surface area contributed by atoms with E-state index in [1.165, 1.54) is 0 Å². The minimum absolute atomic E-state index is 0.418. The molecule has 0 spiro atoms. The predicted octanol–water partition coefficient (Wildman–Crippen LogP) is 2.88. The third-order valence-corrected chi connectivity index (χ3v) is 5.52. The van der Waals surface area contributed by atoms with E-state index in [1.54, 1.807) is 6.20 Å². The standard InChI is InChI=1S/C22H20N8/c1-2-9-30-19(5-1)16(11-26-30)18-14-29-20(12-25-22(29)13-24-18)17-4-3-6-21(28-17)27-15-7-8-23-10-15/h1-6,9,11-15,23H,7-8,10H2,(H,27,28). The topological polar surface area (TPSA) is 84.4 Å². The number of fused-ring (bicyclic) bond motifs is 2. The first-order valence-corrected chi connectivity index (χ1v) is 10.1. The van der Waals surface area contributed by atoms with Crippen LogP contribution in [0.2, 0.25) is 0 Å². The lowest BCUT2D eigenvalue weighted by Gasteiger charge is -2.12. The minimum atomic E-state index is 0.418. The molecule has 5 aromatic rings. The summed E-state index contributed by atoms with van der Waals surface area (Å²) in [5.41, 5.74) is 5.42. The lowest BCUT2D eigenvalue weighted by Crippen LogP contribution is -2.22. The fourth-order valence-electron chi connectivity index (χ4n) is 3.99. The summed E-state index contributed by atoms with van der Waals surface area (Å²) in [5.74, 6) is 0.882. The Kier molecular flexibility index (Phi) is 3.95. The first-order chi connectivity index (χ1) is 14.8. The van der Waals surface area contributed by atoms with Crippen LogP contribution in [-0.2, 0) is 0 Å². The first-order valence-electron chi connectivity index (χ1n) is 10.1. The van der Waals surface area contributed by atoms with Gasteiger partial charge in [-0.25, -0.2) is 14.5 Å². The highest BCUT2D eigenvalue weighted by Gasteiger charge is 2.16. The fourth-order valence-corrected chi connectivity index (χ4v) is 3.99. The lowest BCUT2D eigenvalue weighted by molar-refractivity contribution is 0.788. The monoisotopic (exact) mass is 396 g/mol. The Morgan fingerprint density at radius 1 is 1.00 bits per heavy atom. The normalized spacial score (nSPS) is 16.5. The zero-order valence-electron chi connectivity index (χ0n) is 16.2. The van der Waals surface area contributed by atoms with Crippen LogP contribution in [0.15, 0.2) is 67.4 Å². The molecule has 1 aliphatic rings. The summed E-state index contributed by atoms with van der Waals surface area (Å²) >= 11 is 0. The van der Waals surface area contributed by atoms with Crippen molar-refractivity contribution in [1.29, 1.82) is 0 Å². The molecule has 8 nitrogen and oxygen atoms in total. The summed E-state index contributed by atoms with van der Waals surface area (Å²) in [4.78, 5) is 14.0. The van der Waals surface area contributed by atoms with E-state index in [0.717, 1.165) is 59.1 Å². The Morgan fingerprint density at radius 3 is 2.93 bits per heavy atom. The lowest BCUT2D eigenvalue weighted by atomic mass is 10.2. The Bertz CT molecular complexity index is 1350. The zero-order valence-corrected chi connectivity index (χ0v) is 16.2. The van der Waals surface area contributed by atoms with Crippen molar-refractivity contribution in [2.75, 3.05) is 18.4 Å². The van der Waals surface area contributed by atoms with Gasteiger partial charge in [0.2, 0.25) is 0 Å². The molecule has 6 heterocycles. The molecule has 30 heavy (non-hydrogen) atoms. The molecule has 0 aromatic carbocycles. The van der Waals surface area contributed by atoms with Gasteiger partial charge >= 0.3 is 0 Å². The van der Waals surface area contributed by atoms with Crippen molar-refractivity contribution in [2.24, 2.45) is 0 Å². The molecule has 1 unspecified atom stereocenters. The van der Waals surface area contributed by atoms with Gasteiger partial charge in [0.25, 0.3) is 0 Å². The number of hydrogen-bond acceptors (Lipinski definition) is 6. The largest absolute Gasteiger partial charge is 0.366 e. The number of hydrogen-bond donors (Lipinski definition) is 2. The predicted molar refractivity (Wildman–Crippen MR) is 115 cm³/mol. The van der Waals surface area contributed by atoms with Crippen molar-refractivity contribution < 1.29 is 0 Å². The second kappa shape index (κ2) is 6.93. The molecule has 1 aliphatic heterocycles. The van der Waals surface area contributed by atoms with E-state index in [0.29, 0.717) is 6.04 Å². The minimum Gasteiger partial charge on any atom is -0.366 e. The van der Waals surface area contributed by atoms with E-state index in [1.807, 2.05) is 70.1 Å². The highest BCUT2D eigenvalue weighted by Crippen LogP contribution is 2.26. The van der Waals surface area contributed by atoms with Gasteiger partial charge in [-0.3, -0.25) is 9.38 Å². The second-order valence-electron chi connectivity index (χ2n) is 7.47. The summed E-state index contributed by atoms with van der Waals surface area (Å²) in [6.07, 6.45) is 10.5. The Balaban J connectivity index is 1.41. The van der Waals surface area contributed by atoms with E-state index in [-0.39, 0.29) is 0 Å². The van der Waals surface area contributed by atoms with Crippen LogP contribution in [0.3, 0.4) is 0 Å². The highest BCUT2D eigenvalue weighted by atomic mass is 15.2. The molecule has 2 N–H and O–H groups in total. The third kappa shape index (κ3) is 2.89. The average Bonchev–Trinajstić information content (AvgIpc) is 3.53. The molecule has 5 aromatic heterocycles. The smallest absolute Gasteiger partial charge is 0.155 e. The maximum atomic E-state index is 4.83. The number of anilines is 1. The quantitative estimate of drug-likeness (QED) is 0.486. The first kappa shape index (κ1) is 17.1. The summed E-state index contributed by atoms with van der Waals surface area (Å²) in [7, 11) is 0. The third-order valence-electron chi connectivity index (χ3n) is 5.52. The van der Waals surface area contributed by atoms with E-state index in [9.17, 15) is 0 Å². The van der Waals surface area contributed by atoms with Gasteiger partial charge in [-0.05, 0) is 37.2 Å². The highest BCUT2D eigenvalue weighted by molar-refractivity contribution is 5.78. The molecule has 1 saturated heterocycles. The molecule has 8 heteroatoms. The van der Waals surface area contributed by atoms with Crippen LogP contribution in [0.4, 0.5) is 5.82 Å². The molecule has 0 bridgehead atoms. The molecule has 1 fully saturated rings. The van der Waals surface area contributed by atoms with E-state index < -0.39 is 0 Å². The van der Waals surface area contributed by atoms with Crippen molar-refractivity contribution in [3.63, 3.8) is 0 Å². The molecule has 6 rings (SSSR count). The SMILES string of the molecule is c1cc(NC2CCNC2)nc(-c2cnc3cnc(-c4cnn5ccccc45)cn23)c1. The van der Waals surface area contributed by atoms with Crippen LogP contribution >= 0.6 is 0 Å². The van der Waals surface area contributed by atoms with Crippen LogP contribution in [0.5, 0.6) is 0 Å². The maximum absolute atomic E-state index is 4.83. The zero-order chi connectivity index (χ0) is 19.9. The number of nitrogens with one attached hydrogen (secondary N) is 2. The van der Waals surface area contributed by atoms with Gasteiger partial charge in [-0.15, -0.1) is 0 Å². The molecule has 1 atom stereocenters. The van der Waals surface area contributed by atoms with Gasteiger partial charge in [0, 0.05) is 30.5 Å². The molecule has 0 amide bonds. The van der Waals surface area contributed by atoms with Crippen molar-refractivity contribution in [2.45, 2.75) is 12.5 Å². The summed E-state index contributed by atoms with van der Waals surface area (Å²) in [6.45, 7) is 2.01. The van der Waals surface area contributed by atoms with Gasteiger partial charge < -0.3 is 10.6 Å². The van der Waals surface area contributed by atoms with Crippen LogP contribution in [0.1, 0.15) is 6.42 Å². The van der Waals surface area contributed by atoms with Crippen molar-refractivity contribution in [3.05, 3.63) is 67.4 Å². The second-order valence-corrected chi connectivity index (χ2v) is 7.47. The van der Waals surface area contributed by atoms with Crippen LogP contribution in [-0.4, -0.2) is 48.1 Å². The molecular formula is C22H20N8. The molecule has 0 aliphatic carbocycles. The number of imidazole rings is 1. The average molecular weight is 396 g/mol. The summed E-state index contributed by atoms with van der Waals surface area (Å²) in [6, 6.07) is 12.5. The summed E-state index contributed by atoms with van der Waals surface area (Å²) < 4.78 is 3.89. The van der Waals surface area contributed by atoms with Gasteiger partial charge in [0.05, 0.1) is 41.2 Å². The van der Waals surface area contributed by atoms with E-state index in [4.69, 9.17) is 4.98 Å². The van der Waals surface area contributed by atoms with Gasteiger partial charge in [0.1, 0.15) is 5.82 Å². The Hall–Kier alpha value is -3.78. The van der Waals surface area contributed by atoms with E-state index in [2.05, 4.69) is 25.7 Å². The van der Waals surface area contributed by atoms with Crippen LogP contribution in [0.25, 0.3) is 33.8 Å². The number of nitrogens with zero attached hydrogens (tertiary/aromatic N) is 6. The van der Waals surface area contributed by atoms with Gasteiger partial charge in [-0.1, -0.05) is 12.1 Å². The number of pyridine rings is 2. The van der Waals surface area contributed by atoms with Crippen molar-refractivity contribution >= 4 is 17.0 Å². The number of rotatable bonds is 4. The van der Waals surface area contributed by atoms with E-state index >= 15 is 0 Å². The Morgan fingerprint density at radius 2 is 2.00 bits per heavy atom. The van der Waals surface area contributed by atoms with Crippen molar-refractivity contribution in [1.82, 2.24) is 34.3 Å². The maximum Gasteiger partial charge on any atom is 0.155 e.